The number of aliphatic hydroxyl groups excluding tert-OH is 1. The number of ether oxygens (including phenoxy) is 2. The maximum absolute atomic E-state index is 10.4. The van der Waals surface area contributed by atoms with Gasteiger partial charge in [-0.25, -0.2) is 0 Å². The number of methoxy groups -OCH3 is 1. The molecule has 0 spiro atoms. The molecule has 0 aromatic heterocycles. The summed E-state index contributed by atoms with van der Waals surface area (Å²) in [6, 6.07) is 6.72. The van der Waals surface area contributed by atoms with Crippen LogP contribution in [0.2, 0.25) is 0 Å². The standard InChI is InChI=1S/C21H34N2O3/c1-25-20-10-7-17(14-22-18-8-9-18)13-21(20)26-16-19(24)15-23-11-5-3-2-4-6-12-23/h7,10,13,18-19,22,24H,2-6,8-9,11-12,14-16H2,1H3/t19-/m1/s1. The predicted octanol–water partition coefficient (Wildman–Crippen LogP) is 2.95. The summed E-state index contributed by atoms with van der Waals surface area (Å²) in [4.78, 5) is 2.38. The molecule has 0 unspecified atom stereocenters. The molecule has 2 fully saturated rings. The summed E-state index contributed by atoms with van der Waals surface area (Å²) in [7, 11) is 1.65. The number of β-amino-alcohol motifs (C(OH)–C–C–N with tert-alkyl or cyclic N) is 1. The van der Waals surface area contributed by atoms with Gasteiger partial charge in [-0.1, -0.05) is 25.3 Å². The Morgan fingerprint density at radius 1 is 1.12 bits per heavy atom. The number of likely N-dealkylation sites (tertiary alicyclic amines) is 1. The Morgan fingerprint density at radius 2 is 1.85 bits per heavy atom. The molecule has 146 valence electrons. The first kappa shape index (κ1) is 19.5. The first-order chi connectivity index (χ1) is 12.7. The van der Waals surface area contributed by atoms with E-state index in [0.29, 0.717) is 24.9 Å². The lowest BCUT2D eigenvalue weighted by Crippen LogP contribution is -2.37. The van der Waals surface area contributed by atoms with Crippen LogP contribution in [-0.2, 0) is 6.54 Å². The largest absolute Gasteiger partial charge is 0.493 e. The Labute approximate surface area is 157 Å². The van der Waals surface area contributed by atoms with E-state index in [1.807, 2.05) is 12.1 Å². The van der Waals surface area contributed by atoms with Crippen molar-refractivity contribution in [3.63, 3.8) is 0 Å². The van der Waals surface area contributed by atoms with Gasteiger partial charge in [-0.2, -0.15) is 0 Å². The van der Waals surface area contributed by atoms with Gasteiger partial charge in [-0.05, 0) is 56.5 Å². The number of nitrogens with one attached hydrogen (secondary N) is 1. The highest BCUT2D eigenvalue weighted by atomic mass is 16.5. The Balaban J connectivity index is 1.48. The van der Waals surface area contributed by atoms with Crippen molar-refractivity contribution < 1.29 is 14.6 Å². The first-order valence-corrected chi connectivity index (χ1v) is 10.2. The average molecular weight is 363 g/mol. The molecular formula is C21H34N2O3. The summed E-state index contributed by atoms with van der Waals surface area (Å²) in [6.07, 6.45) is 8.52. The monoisotopic (exact) mass is 362 g/mol. The Bertz CT molecular complexity index is 540. The van der Waals surface area contributed by atoms with E-state index >= 15 is 0 Å². The third-order valence-electron chi connectivity index (χ3n) is 5.25. The van der Waals surface area contributed by atoms with Crippen LogP contribution in [0.5, 0.6) is 11.5 Å². The van der Waals surface area contributed by atoms with Crippen LogP contribution in [0.4, 0.5) is 0 Å². The molecule has 1 aromatic rings. The quantitative estimate of drug-likeness (QED) is 0.707. The van der Waals surface area contributed by atoms with E-state index in [1.54, 1.807) is 7.11 Å². The zero-order valence-electron chi connectivity index (χ0n) is 16.1. The van der Waals surface area contributed by atoms with Gasteiger partial charge in [-0.15, -0.1) is 0 Å². The molecule has 1 aliphatic heterocycles. The minimum Gasteiger partial charge on any atom is -0.493 e. The third kappa shape index (κ3) is 6.45. The Morgan fingerprint density at radius 3 is 2.54 bits per heavy atom. The van der Waals surface area contributed by atoms with E-state index in [-0.39, 0.29) is 0 Å². The van der Waals surface area contributed by atoms with E-state index in [4.69, 9.17) is 9.47 Å². The molecule has 1 aliphatic carbocycles. The normalized spacial score (nSPS) is 20.2. The van der Waals surface area contributed by atoms with Gasteiger partial charge in [0.25, 0.3) is 0 Å². The lowest BCUT2D eigenvalue weighted by Gasteiger charge is -2.26. The number of hydrogen-bond donors (Lipinski definition) is 2. The summed E-state index contributed by atoms with van der Waals surface area (Å²) in [5, 5.41) is 13.9. The fraction of sp³-hybridized carbons (Fsp3) is 0.714. The smallest absolute Gasteiger partial charge is 0.161 e. The maximum Gasteiger partial charge on any atom is 0.161 e. The molecule has 3 rings (SSSR count). The van der Waals surface area contributed by atoms with Crippen LogP contribution in [0.25, 0.3) is 0 Å². The molecule has 1 saturated carbocycles. The average Bonchev–Trinajstić information content (AvgIpc) is 3.45. The minimum atomic E-state index is -0.479. The van der Waals surface area contributed by atoms with Crippen molar-refractivity contribution in [2.45, 2.75) is 63.6 Å². The second-order valence-corrected chi connectivity index (χ2v) is 7.67. The van der Waals surface area contributed by atoms with Gasteiger partial charge in [0.15, 0.2) is 11.5 Å². The van der Waals surface area contributed by atoms with E-state index in [9.17, 15) is 5.11 Å². The van der Waals surface area contributed by atoms with Gasteiger partial charge in [0, 0.05) is 19.1 Å². The molecule has 1 atom stereocenters. The van der Waals surface area contributed by atoms with Gasteiger partial charge in [0.1, 0.15) is 12.7 Å². The number of hydrogen-bond acceptors (Lipinski definition) is 5. The van der Waals surface area contributed by atoms with Crippen LogP contribution in [0.3, 0.4) is 0 Å². The summed E-state index contributed by atoms with van der Waals surface area (Å²) in [6.45, 7) is 4.00. The molecule has 0 bridgehead atoms. The van der Waals surface area contributed by atoms with Gasteiger partial charge in [0.2, 0.25) is 0 Å². The number of aliphatic hydroxyl groups is 1. The Hall–Kier alpha value is -1.30. The van der Waals surface area contributed by atoms with Crippen molar-refractivity contribution in [3.05, 3.63) is 23.8 Å². The van der Waals surface area contributed by atoms with Gasteiger partial charge in [0.05, 0.1) is 7.11 Å². The van der Waals surface area contributed by atoms with E-state index in [2.05, 4.69) is 16.3 Å². The minimum absolute atomic E-state index is 0.298. The van der Waals surface area contributed by atoms with Crippen molar-refractivity contribution in [2.75, 3.05) is 33.4 Å². The summed E-state index contributed by atoms with van der Waals surface area (Å²) < 4.78 is 11.3. The zero-order valence-corrected chi connectivity index (χ0v) is 16.1. The lowest BCUT2D eigenvalue weighted by molar-refractivity contribution is 0.0644. The number of rotatable bonds is 9. The van der Waals surface area contributed by atoms with Crippen LogP contribution in [0.1, 0.15) is 50.5 Å². The third-order valence-corrected chi connectivity index (χ3v) is 5.25. The molecule has 1 aromatic carbocycles. The number of benzene rings is 1. The van der Waals surface area contributed by atoms with E-state index in [0.717, 1.165) is 25.4 Å². The summed E-state index contributed by atoms with van der Waals surface area (Å²) in [5.41, 5.74) is 1.19. The molecule has 26 heavy (non-hydrogen) atoms. The van der Waals surface area contributed by atoms with Crippen LogP contribution in [0, 0.1) is 0 Å². The summed E-state index contributed by atoms with van der Waals surface area (Å²) >= 11 is 0. The highest BCUT2D eigenvalue weighted by molar-refractivity contribution is 5.43. The maximum atomic E-state index is 10.4. The van der Waals surface area contributed by atoms with E-state index in [1.165, 1.54) is 50.5 Å². The fourth-order valence-corrected chi connectivity index (χ4v) is 3.53. The molecule has 2 N–H and O–H groups in total. The van der Waals surface area contributed by atoms with Gasteiger partial charge >= 0.3 is 0 Å². The van der Waals surface area contributed by atoms with Crippen LogP contribution in [0.15, 0.2) is 18.2 Å². The molecule has 0 amide bonds. The van der Waals surface area contributed by atoms with Gasteiger partial charge in [-0.3, -0.25) is 0 Å². The van der Waals surface area contributed by atoms with Gasteiger partial charge < -0.3 is 24.8 Å². The molecule has 2 aliphatic rings. The molecule has 5 heteroatoms. The molecule has 0 radical (unpaired) electrons. The second-order valence-electron chi connectivity index (χ2n) is 7.67. The second kappa shape index (κ2) is 10.1. The molecule has 1 heterocycles. The predicted molar refractivity (Wildman–Crippen MR) is 104 cm³/mol. The van der Waals surface area contributed by atoms with Crippen molar-refractivity contribution in [1.29, 1.82) is 0 Å². The lowest BCUT2D eigenvalue weighted by atomic mass is 10.1. The van der Waals surface area contributed by atoms with Crippen LogP contribution in [-0.4, -0.2) is 55.5 Å². The summed E-state index contributed by atoms with van der Waals surface area (Å²) in [5.74, 6) is 1.44. The van der Waals surface area contributed by atoms with Crippen LogP contribution < -0.4 is 14.8 Å². The highest BCUT2D eigenvalue weighted by Crippen LogP contribution is 2.29. The SMILES string of the molecule is COc1ccc(CNC2CC2)cc1OC[C@H](O)CN1CCCCCCC1. The highest BCUT2D eigenvalue weighted by Gasteiger charge is 2.20. The Kier molecular flexibility index (Phi) is 7.59. The fourth-order valence-electron chi connectivity index (χ4n) is 3.53. The molecule has 5 nitrogen and oxygen atoms in total. The van der Waals surface area contributed by atoms with Crippen molar-refractivity contribution >= 4 is 0 Å². The molecular weight excluding hydrogens is 328 g/mol. The zero-order chi connectivity index (χ0) is 18.2. The van der Waals surface area contributed by atoms with E-state index < -0.39 is 6.10 Å². The van der Waals surface area contributed by atoms with Crippen molar-refractivity contribution in [2.24, 2.45) is 0 Å². The van der Waals surface area contributed by atoms with Crippen molar-refractivity contribution in [1.82, 2.24) is 10.2 Å². The first-order valence-electron chi connectivity index (χ1n) is 10.2. The number of nitrogens with zero attached hydrogens (tertiary/aromatic N) is 1. The van der Waals surface area contributed by atoms with Crippen LogP contribution >= 0.6 is 0 Å². The van der Waals surface area contributed by atoms with Crippen molar-refractivity contribution in [3.8, 4) is 11.5 Å². The topological polar surface area (TPSA) is 54.0 Å². The molecule has 1 saturated heterocycles.